The second kappa shape index (κ2) is 10.1. The molecule has 1 aliphatic rings. The molecule has 1 aromatic heterocycles. The molecule has 1 saturated heterocycles. The number of benzene rings is 1. The smallest absolute Gasteiger partial charge is 0.262 e. The summed E-state index contributed by atoms with van der Waals surface area (Å²) in [6.07, 6.45) is 2.07. The molecule has 154 valence electrons. The molecule has 1 fully saturated rings. The molecule has 1 aromatic carbocycles. The third-order valence-electron chi connectivity index (χ3n) is 5.22. The number of hydrogen-bond acceptors (Lipinski definition) is 6. The lowest BCUT2D eigenvalue weighted by Crippen LogP contribution is -2.49. The van der Waals surface area contributed by atoms with Crippen LogP contribution in [0.4, 0.5) is 0 Å². The van der Waals surface area contributed by atoms with E-state index in [0.717, 1.165) is 45.6 Å². The van der Waals surface area contributed by atoms with Gasteiger partial charge in [-0.25, -0.2) is 4.98 Å². The average Bonchev–Trinajstić information content (AvgIpc) is 2.72. The number of amides is 1. The number of carbonyl (C=O) groups excluding carboxylic acids is 1. The number of rotatable bonds is 8. The molecule has 2 heterocycles. The summed E-state index contributed by atoms with van der Waals surface area (Å²) >= 11 is 0. The van der Waals surface area contributed by atoms with Crippen LogP contribution in [0.5, 0.6) is 0 Å². The SMILES string of the molecule is CCCCNC(=O)CN1CCN(Cc2nc3ccccc3c(=O)n2CC#N)CC1. The molecule has 8 heteroatoms. The van der Waals surface area contributed by atoms with Crippen molar-refractivity contribution < 1.29 is 4.79 Å². The van der Waals surface area contributed by atoms with Gasteiger partial charge in [-0.3, -0.25) is 24.0 Å². The van der Waals surface area contributed by atoms with E-state index in [1.54, 1.807) is 12.1 Å². The molecule has 0 spiro atoms. The Morgan fingerprint density at radius 2 is 1.93 bits per heavy atom. The van der Waals surface area contributed by atoms with Crippen molar-refractivity contribution in [1.82, 2.24) is 24.7 Å². The summed E-state index contributed by atoms with van der Waals surface area (Å²) in [5.41, 5.74) is 0.485. The number of para-hydroxylation sites is 1. The van der Waals surface area contributed by atoms with E-state index in [2.05, 4.69) is 33.1 Å². The second-order valence-electron chi connectivity index (χ2n) is 7.35. The molecule has 0 unspecified atom stereocenters. The van der Waals surface area contributed by atoms with Crippen molar-refractivity contribution in [3.05, 3.63) is 40.4 Å². The summed E-state index contributed by atoms with van der Waals surface area (Å²) in [4.78, 5) is 33.8. The van der Waals surface area contributed by atoms with Crippen molar-refractivity contribution in [2.45, 2.75) is 32.9 Å². The van der Waals surface area contributed by atoms with E-state index in [4.69, 9.17) is 5.26 Å². The number of carbonyl (C=O) groups is 1. The number of nitriles is 1. The lowest BCUT2D eigenvalue weighted by atomic mass is 10.2. The maximum atomic E-state index is 12.8. The number of fused-ring (bicyclic) bond motifs is 1. The van der Waals surface area contributed by atoms with Crippen LogP contribution in [-0.2, 0) is 17.9 Å². The fraction of sp³-hybridized carbons (Fsp3) is 0.524. The third kappa shape index (κ3) is 5.40. The van der Waals surface area contributed by atoms with Gasteiger partial charge < -0.3 is 5.32 Å². The first kappa shape index (κ1) is 21.0. The molecule has 2 aromatic rings. The van der Waals surface area contributed by atoms with Gasteiger partial charge in [-0.05, 0) is 18.6 Å². The van der Waals surface area contributed by atoms with Gasteiger partial charge in [0.2, 0.25) is 5.91 Å². The normalized spacial score (nSPS) is 15.3. The highest BCUT2D eigenvalue weighted by Crippen LogP contribution is 2.11. The zero-order valence-corrected chi connectivity index (χ0v) is 16.9. The fourth-order valence-electron chi connectivity index (χ4n) is 3.54. The number of hydrogen-bond donors (Lipinski definition) is 1. The number of unbranched alkanes of at least 4 members (excludes halogenated alkanes) is 1. The first-order chi connectivity index (χ1) is 14.1. The predicted molar refractivity (Wildman–Crippen MR) is 111 cm³/mol. The maximum Gasteiger partial charge on any atom is 0.262 e. The van der Waals surface area contributed by atoms with E-state index in [1.807, 2.05) is 12.1 Å². The summed E-state index contributed by atoms with van der Waals surface area (Å²) < 4.78 is 1.47. The molecule has 1 aliphatic heterocycles. The van der Waals surface area contributed by atoms with Gasteiger partial charge in [0.05, 0.1) is 30.1 Å². The van der Waals surface area contributed by atoms with Gasteiger partial charge in [-0.2, -0.15) is 5.26 Å². The number of nitrogens with one attached hydrogen (secondary N) is 1. The molecule has 3 rings (SSSR count). The van der Waals surface area contributed by atoms with E-state index >= 15 is 0 Å². The van der Waals surface area contributed by atoms with Gasteiger partial charge in [0.15, 0.2) is 0 Å². The molecule has 1 N–H and O–H groups in total. The van der Waals surface area contributed by atoms with Crippen molar-refractivity contribution in [2.24, 2.45) is 0 Å². The van der Waals surface area contributed by atoms with E-state index in [0.29, 0.717) is 29.8 Å². The number of piperazine rings is 1. The molecule has 8 nitrogen and oxygen atoms in total. The van der Waals surface area contributed by atoms with Crippen LogP contribution in [0.2, 0.25) is 0 Å². The van der Waals surface area contributed by atoms with E-state index in [-0.39, 0.29) is 18.0 Å². The summed E-state index contributed by atoms with van der Waals surface area (Å²) in [6.45, 7) is 6.92. The Morgan fingerprint density at radius 3 is 2.66 bits per heavy atom. The Kier molecular flexibility index (Phi) is 7.33. The van der Waals surface area contributed by atoms with Gasteiger partial charge >= 0.3 is 0 Å². The molecule has 29 heavy (non-hydrogen) atoms. The Hall–Kier alpha value is -2.76. The Balaban J connectivity index is 1.62. The predicted octanol–water partition coefficient (Wildman–Crippen LogP) is 0.954. The Bertz CT molecular complexity index is 940. The van der Waals surface area contributed by atoms with Crippen molar-refractivity contribution >= 4 is 16.8 Å². The van der Waals surface area contributed by atoms with Crippen LogP contribution in [0.3, 0.4) is 0 Å². The first-order valence-corrected chi connectivity index (χ1v) is 10.2. The average molecular weight is 396 g/mol. The van der Waals surface area contributed by atoms with Crippen molar-refractivity contribution in [3.8, 4) is 6.07 Å². The van der Waals surface area contributed by atoms with Crippen LogP contribution in [0.1, 0.15) is 25.6 Å². The lowest BCUT2D eigenvalue weighted by molar-refractivity contribution is -0.122. The monoisotopic (exact) mass is 396 g/mol. The molecule has 0 aliphatic carbocycles. The fourth-order valence-corrected chi connectivity index (χ4v) is 3.54. The summed E-state index contributed by atoms with van der Waals surface area (Å²) in [6, 6.07) is 9.30. The minimum absolute atomic E-state index is 0.0100. The zero-order valence-electron chi connectivity index (χ0n) is 16.9. The molecule has 0 bridgehead atoms. The Labute approximate surface area is 170 Å². The zero-order chi connectivity index (χ0) is 20.6. The minimum Gasteiger partial charge on any atom is -0.355 e. The molecule has 0 atom stereocenters. The van der Waals surface area contributed by atoms with Crippen LogP contribution in [-0.4, -0.2) is 64.5 Å². The first-order valence-electron chi connectivity index (χ1n) is 10.2. The molecular formula is C21H28N6O2. The highest BCUT2D eigenvalue weighted by atomic mass is 16.2. The van der Waals surface area contributed by atoms with Gasteiger partial charge in [0.1, 0.15) is 12.4 Å². The van der Waals surface area contributed by atoms with Crippen LogP contribution in [0.25, 0.3) is 10.9 Å². The number of nitrogens with zero attached hydrogens (tertiary/aromatic N) is 5. The summed E-state index contributed by atoms with van der Waals surface area (Å²) in [7, 11) is 0. The van der Waals surface area contributed by atoms with Gasteiger partial charge in [0.25, 0.3) is 5.56 Å². The summed E-state index contributed by atoms with van der Waals surface area (Å²) in [5.74, 6) is 0.687. The summed E-state index contributed by atoms with van der Waals surface area (Å²) in [5, 5.41) is 12.6. The second-order valence-corrected chi connectivity index (χ2v) is 7.35. The van der Waals surface area contributed by atoms with Gasteiger partial charge in [-0.1, -0.05) is 25.5 Å². The highest BCUT2D eigenvalue weighted by molar-refractivity contribution is 5.78. The standard InChI is InChI=1S/C21H28N6O2/c1-2-3-9-23-20(28)16-26-13-11-25(12-14-26)15-19-24-18-7-5-4-6-17(18)21(29)27(19)10-8-22/h4-7H,2-3,9-16H2,1H3,(H,23,28). The van der Waals surface area contributed by atoms with E-state index in [9.17, 15) is 9.59 Å². The molecule has 0 radical (unpaired) electrons. The van der Waals surface area contributed by atoms with Crippen molar-refractivity contribution in [2.75, 3.05) is 39.3 Å². The lowest BCUT2D eigenvalue weighted by Gasteiger charge is -2.34. The van der Waals surface area contributed by atoms with Crippen LogP contribution >= 0.6 is 0 Å². The Morgan fingerprint density at radius 1 is 1.21 bits per heavy atom. The van der Waals surface area contributed by atoms with E-state index < -0.39 is 0 Å². The topological polar surface area (TPSA) is 94.3 Å². The molecular weight excluding hydrogens is 368 g/mol. The number of aromatic nitrogens is 2. The molecule has 1 amide bonds. The molecule has 0 saturated carbocycles. The van der Waals surface area contributed by atoms with Gasteiger partial charge in [-0.15, -0.1) is 0 Å². The maximum absolute atomic E-state index is 12.8. The third-order valence-corrected chi connectivity index (χ3v) is 5.22. The van der Waals surface area contributed by atoms with Crippen molar-refractivity contribution in [3.63, 3.8) is 0 Å². The van der Waals surface area contributed by atoms with Gasteiger partial charge in [0, 0.05) is 32.7 Å². The van der Waals surface area contributed by atoms with Crippen LogP contribution < -0.4 is 10.9 Å². The quantitative estimate of drug-likeness (QED) is 0.668. The van der Waals surface area contributed by atoms with Crippen LogP contribution in [0, 0.1) is 11.3 Å². The van der Waals surface area contributed by atoms with Crippen molar-refractivity contribution in [1.29, 1.82) is 5.26 Å². The largest absolute Gasteiger partial charge is 0.355 e. The van der Waals surface area contributed by atoms with E-state index in [1.165, 1.54) is 4.57 Å². The minimum atomic E-state index is -0.172. The van der Waals surface area contributed by atoms with Crippen LogP contribution in [0.15, 0.2) is 29.1 Å². The highest BCUT2D eigenvalue weighted by Gasteiger charge is 2.21.